The van der Waals surface area contributed by atoms with E-state index in [1.54, 1.807) is 0 Å². The zero-order chi connectivity index (χ0) is 15.1. The third kappa shape index (κ3) is 2.58. The molecule has 1 fully saturated rings. The number of carbonyl (C=O) groups excluding carboxylic acids is 1. The predicted molar refractivity (Wildman–Crippen MR) is 73.5 cm³/mol. The van der Waals surface area contributed by atoms with Crippen LogP contribution in [0.5, 0.6) is 0 Å². The third-order valence-corrected chi connectivity index (χ3v) is 3.87. The molecule has 1 heterocycles. The van der Waals surface area contributed by atoms with Gasteiger partial charge in [0.25, 0.3) is 0 Å². The monoisotopic (exact) mass is 280 g/mol. The van der Waals surface area contributed by atoms with E-state index >= 15 is 0 Å². The first-order valence-corrected chi connectivity index (χ1v) is 6.41. The van der Waals surface area contributed by atoms with Crippen molar-refractivity contribution in [2.75, 3.05) is 7.11 Å². The van der Waals surface area contributed by atoms with Crippen LogP contribution >= 0.6 is 0 Å². The van der Waals surface area contributed by atoms with Crippen molar-refractivity contribution >= 4 is 18.6 Å². The summed E-state index contributed by atoms with van der Waals surface area (Å²) in [4.78, 5) is 11.5. The Morgan fingerprint density at radius 3 is 2.20 bits per heavy atom. The summed E-state index contributed by atoms with van der Waals surface area (Å²) in [6.45, 7) is 7.64. The van der Waals surface area contributed by atoms with Crippen LogP contribution < -0.4 is 5.46 Å². The van der Waals surface area contributed by atoms with Gasteiger partial charge >= 0.3 is 13.1 Å². The summed E-state index contributed by atoms with van der Waals surface area (Å²) in [7, 11) is 0.543. The lowest BCUT2D eigenvalue weighted by Gasteiger charge is -2.32. The number of carbonyl (C=O) groups is 1. The van der Waals surface area contributed by atoms with Crippen molar-refractivity contribution in [1.82, 2.24) is 0 Å². The molecular formula is C14H18BFO4. The molecule has 0 spiro atoms. The molecule has 0 aliphatic carbocycles. The van der Waals surface area contributed by atoms with Gasteiger partial charge in [-0.3, -0.25) is 0 Å². The van der Waals surface area contributed by atoms with Crippen LogP contribution in [0.15, 0.2) is 18.2 Å². The SMILES string of the molecule is COC(=O)c1cc(F)cc(B2OC(C)(C)C(C)(C)O2)c1. The Balaban J connectivity index is 2.35. The minimum Gasteiger partial charge on any atom is -0.465 e. The van der Waals surface area contributed by atoms with Gasteiger partial charge < -0.3 is 14.0 Å². The number of ether oxygens (including phenoxy) is 1. The molecule has 0 amide bonds. The number of hydrogen-bond donors (Lipinski definition) is 0. The van der Waals surface area contributed by atoms with Crippen molar-refractivity contribution < 1.29 is 23.2 Å². The van der Waals surface area contributed by atoms with Crippen molar-refractivity contribution in [3.63, 3.8) is 0 Å². The van der Waals surface area contributed by atoms with Crippen molar-refractivity contribution in [3.05, 3.63) is 29.6 Å². The number of benzene rings is 1. The fourth-order valence-corrected chi connectivity index (χ4v) is 1.96. The maximum atomic E-state index is 13.6. The summed E-state index contributed by atoms with van der Waals surface area (Å²) in [5.74, 6) is -1.13. The summed E-state index contributed by atoms with van der Waals surface area (Å²) in [5, 5.41) is 0. The average Bonchev–Trinajstić information content (AvgIpc) is 2.57. The van der Waals surface area contributed by atoms with E-state index in [1.807, 2.05) is 27.7 Å². The van der Waals surface area contributed by atoms with Crippen molar-refractivity contribution in [3.8, 4) is 0 Å². The molecule has 4 nitrogen and oxygen atoms in total. The van der Waals surface area contributed by atoms with Crippen LogP contribution in [0.4, 0.5) is 4.39 Å². The normalized spacial score (nSPS) is 20.0. The van der Waals surface area contributed by atoms with Gasteiger partial charge in [-0.2, -0.15) is 0 Å². The van der Waals surface area contributed by atoms with Crippen LogP contribution in [0, 0.1) is 5.82 Å². The first-order chi connectivity index (χ1) is 9.16. The molecule has 1 aromatic rings. The fraction of sp³-hybridized carbons (Fsp3) is 0.500. The molecule has 6 heteroatoms. The highest BCUT2D eigenvalue weighted by Gasteiger charge is 2.51. The molecule has 0 radical (unpaired) electrons. The van der Waals surface area contributed by atoms with Crippen LogP contribution in [-0.2, 0) is 14.0 Å². The molecule has 20 heavy (non-hydrogen) atoms. The largest absolute Gasteiger partial charge is 0.494 e. The van der Waals surface area contributed by atoms with E-state index in [0.29, 0.717) is 5.46 Å². The number of halogens is 1. The maximum absolute atomic E-state index is 13.6. The minimum atomic E-state index is -0.709. The Hall–Kier alpha value is -1.40. The van der Waals surface area contributed by atoms with Crippen LogP contribution in [0.2, 0.25) is 0 Å². The summed E-state index contributed by atoms with van der Waals surface area (Å²) in [6, 6.07) is 3.95. The Bertz CT molecular complexity index is 526. The molecule has 0 N–H and O–H groups in total. The smallest absolute Gasteiger partial charge is 0.465 e. The summed E-state index contributed by atoms with van der Waals surface area (Å²) >= 11 is 0. The van der Waals surface area contributed by atoms with Gasteiger partial charge in [-0.05, 0) is 51.4 Å². The quantitative estimate of drug-likeness (QED) is 0.613. The van der Waals surface area contributed by atoms with Crippen LogP contribution in [0.1, 0.15) is 38.1 Å². The highest BCUT2D eigenvalue weighted by molar-refractivity contribution is 6.62. The van der Waals surface area contributed by atoms with E-state index in [1.165, 1.54) is 19.2 Å². The van der Waals surface area contributed by atoms with E-state index in [9.17, 15) is 9.18 Å². The highest BCUT2D eigenvalue weighted by atomic mass is 19.1. The van der Waals surface area contributed by atoms with Gasteiger partial charge in [0.15, 0.2) is 0 Å². The second-order valence-corrected chi connectivity index (χ2v) is 5.85. The zero-order valence-corrected chi connectivity index (χ0v) is 12.3. The fourth-order valence-electron chi connectivity index (χ4n) is 1.96. The number of methoxy groups -OCH3 is 1. The molecule has 1 aliphatic heterocycles. The Morgan fingerprint density at radius 1 is 1.15 bits per heavy atom. The van der Waals surface area contributed by atoms with Crippen LogP contribution in [0.3, 0.4) is 0 Å². The lowest BCUT2D eigenvalue weighted by atomic mass is 9.78. The molecule has 0 atom stereocenters. The molecule has 0 aromatic heterocycles. The molecule has 1 aromatic carbocycles. The average molecular weight is 280 g/mol. The van der Waals surface area contributed by atoms with Crippen molar-refractivity contribution in [1.29, 1.82) is 0 Å². The van der Waals surface area contributed by atoms with Gasteiger partial charge in [-0.1, -0.05) is 0 Å². The topological polar surface area (TPSA) is 44.8 Å². The van der Waals surface area contributed by atoms with E-state index in [4.69, 9.17) is 9.31 Å². The summed E-state index contributed by atoms with van der Waals surface area (Å²) in [5.41, 5.74) is -0.438. The second-order valence-electron chi connectivity index (χ2n) is 5.85. The Labute approximate surface area is 118 Å². The third-order valence-electron chi connectivity index (χ3n) is 3.87. The maximum Gasteiger partial charge on any atom is 0.494 e. The summed E-state index contributed by atoms with van der Waals surface area (Å²) in [6.07, 6.45) is 0. The Morgan fingerprint density at radius 2 is 1.70 bits per heavy atom. The minimum absolute atomic E-state index is 0.136. The van der Waals surface area contributed by atoms with Gasteiger partial charge in [-0.15, -0.1) is 0 Å². The lowest BCUT2D eigenvalue weighted by molar-refractivity contribution is 0.00578. The summed E-state index contributed by atoms with van der Waals surface area (Å²) < 4.78 is 29.9. The first kappa shape index (κ1) is 15.0. The van der Waals surface area contributed by atoms with E-state index in [0.717, 1.165) is 6.07 Å². The molecule has 108 valence electrons. The second kappa shape index (κ2) is 4.86. The van der Waals surface area contributed by atoms with Crippen molar-refractivity contribution in [2.24, 2.45) is 0 Å². The van der Waals surface area contributed by atoms with Crippen LogP contribution in [0.25, 0.3) is 0 Å². The predicted octanol–water partition coefficient (Wildman–Crippen LogP) is 1.91. The van der Waals surface area contributed by atoms with Crippen LogP contribution in [-0.4, -0.2) is 31.4 Å². The van der Waals surface area contributed by atoms with E-state index < -0.39 is 30.1 Å². The molecule has 0 unspecified atom stereocenters. The van der Waals surface area contributed by atoms with E-state index in [2.05, 4.69) is 4.74 Å². The van der Waals surface area contributed by atoms with Gasteiger partial charge in [0.2, 0.25) is 0 Å². The lowest BCUT2D eigenvalue weighted by Crippen LogP contribution is -2.41. The zero-order valence-electron chi connectivity index (χ0n) is 12.3. The van der Waals surface area contributed by atoms with Gasteiger partial charge in [0.1, 0.15) is 5.82 Å². The number of rotatable bonds is 2. The molecule has 0 bridgehead atoms. The van der Waals surface area contributed by atoms with Gasteiger partial charge in [0, 0.05) is 0 Å². The number of hydrogen-bond acceptors (Lipinski definition) is 4. The molecule has 2 rings (SSSR count). The molecule has 1 saturated heterocycles. The standard InChI is InChI=1S/C14H18BFO4/c1-13(2)14(3,4)20-15(19-13)10-6-9(12(17)18-5)7-11(16)8-10/h6-8H,1-5H3. The molecular weight excluding hydrogens is 262 g/mol. The molecule has 1 aliphatic rings. The van der Waals surface area contributed by atoms with E-state index in [-0.39, 0.29) is 5.56 Å². The highest BCUT2D eigenvalue weighted by Crippen LogP contribution is 2.36. The first-order valence-electron chi connectivity index (χ1n) is 6.41. The number of esters is 1. The van der Waals surface area contributed by atoms with Gasteiger partial charge in [-0.25, -0.2) is 9.18 Å². The molecule has 0 saturated carbocycles. The van der Waals surface area contributed by atoms with Crippen molar-refractivity contribution in [2.45, 2.75) is 38.9 Å². The Kier molecular flexibility index (Phi) is 3.65. The van der Waals surface area contributed by atoms with Gasteiger partial charge in [0.05, 0.1) is 23.9 Å².